The van der Waals surface area contributed by atoms with E-state index in [0.29, 0.717) is 50.4 Å². The van der Waals surface area contributed by atoms with E-state index in [-0.39, 0.29) is 47.9 Å². The number of piperazine rings is 1. The van der Waals surface area contributed by atoms with Gasteiger partial charge in [0.25, 0.3) is 5.91 Å². The average Bonchev–Trinajstić information content (AvgIpc) is 3.44. The van der Waals surface area contributed by atoms with E-state index in [1.807, 2.05) is 44.4 Å². The van der Waals surface area contributed by atoms with Crippen LogP contribution in [0, 0.1) is 5.41 Å². The van der Waals surface area contributed by atoms with Crippen molar-refractivity contribution in [1.82, 2.24) is 20.4 Å². The second kappa shape index (κ2) is 12.9. The highest BCUT2D eigenvalue weighted by Crippen LogP contribution is 2.27. The zero-order valence-electron chi connectivity index (χ0n) is 24.3. The van der Waals surface area contributed by atoms with Crippen LogP contribution in [0.1, 0.15) is 62.4 Å². The largest absolute Gasteiger partial charge is 0.493 e. The third kappa shape index (κ3) is 7.67. The summed E-state index contributed by atoms with van der Waals surface area (Å²) in [5.41, 5.74) is 1.54. The Bertz CT molecular complexity index is 1210. The number of para-hydroxylation sites is 1. The van der Waals surface area contributed by atoms with Gasteiger partial charge in [-0.25, -0.2) is 0 Å². The van der Waals surface area contributed by atoms with Crippen LogP contribution in [0.4, 0.5) is 0 Å². The smallest absolute Gasteiger partial charge is 0.258 e. The number of fused-ring (bicyclic) bond motifs is 4. The maximum Gasteiger partial charge on any atom is 0.258 e. The van der Waals surface area contributed by atoms with Crippen molar-refractivity contribution in [3.8, 4) is 5.75 Å². The predicted octanol–water partition coefficient (Wildman–Crippen LogP) is 3.44. The Balaban J connectivity index is 1.37. The van der Waals surface area contributed by atoms with Gasteiger partial charge in [-0.3, -0.25) is 19.3 Å². The third-order valence-corrected chi connectivity index (χ3v) is 8.69. The number of carbonyl (C=O) groups excluding carboxylic acids is 3. The summed E-state index contributed by atoms with van der Waals surface area (Å²) >= 11 is 1.65. The summed E-state index contributed by atoms with van der Waals surface area (Å²) in [5, 5.41) is 10.4. The van der Waals surface area contributed by atoms with Crippen LogP contribution >= 0.6 is 11.3 Å². The number of rotatable bonds is 4. The molecular formula is C31H42N4O5S. The van der Waals surface area contributed by atoms with Crippen molar-refractivity contribution < 1.29 is 23.9 Å². The van der Waals surface area contributed by atoms with Crippen LogP contribution < -0.4 is 15.4 Å². The van der Waals surface area contributed by atoms with E-state index >= 15 is 0 Å². The zero-order chi connectivity index (χ0) is 29.0. The second-order valence-corrected chi connectivity index (χ2v) is 13.3. The summed E-state index contributed by atoms with van der Waals surface area (Å²) in [7, 11) is 0. The van der Waals surface area contributed by atoms with E-state index in [1.165, 1.54) is 5.56 Å². The number of nitrogens with zero attached hydrogens (tertiary/aromatic N) is 2. The summed E-state index contributed by atoms with van der Waals surface area (Å²) in [6.07, 6.45) is 2.18. The second-order valence-electron chi connectivity index (χ2n) is 12.5. The fourth-order valence-electron chi connectivity index (χ4n) is 5.90. The molecule has 10 heteroatoms. The number of thiophene rings is 1. The number of ether oxygens (including phenoxy) is 2. The van der Waals surface area contributed by atoms with E-state index in [4.69, 9.17) is 9.47 Å². The van der Waals surface area contributed by atoms with Crippen LogP contribution in [-0.2, 0) is 20.9 Å². The Kier molecular flexibility index (Phi) is 9.31. The van der Waals surface area contributed by atoms with Crippen molar-refractivity contribution in [3.05, 3.63) is 52.2 Å². The molecule has 3 aliphatic rings. The molecule has 222 valence electrons. The van der Waals surface area contributed by atoms with Crippen LogP contribution in [0.2, 0.25) is 0 Å². The highest BCUT2D eigenvalue weighted by Gasteiger charge is 2.39. The van der Waals surface area contributed by atoms with Gasteiger partial charge in [0, 0.05) is 45.6 Å². The van der Waals surface area contributed by atoms with Crippen LogP contribution in [0.5, 0.6) is 5.75 Å². The van der Waals surface area contributed by atoms with Crippen LogP contribution in [0.25, 0.3) is 0 Å². The molecule has 41 heavy (non-hydrogen) atoms. The first-order valence-corrected chi connectivity index (χ1v) is 15.6. The Labute approximate surface area is 246 Å². The van der Waals surface area contributed by atoms with E-state index in [1.54, 1.807) is 22.3 Å². The fourth-order valence-corrected chi connectivity index (χ4v) is 6.56. The number of carbonyl (C=O) groups is 3. The minimum atomic E-state index is -0.667. The first kappa shape index (κ1) is 29.5. The standard InChI is InChI=1S/C31H42N4O5S/c1-31(2,3)16-28(36)33-24-9-8-22-10-14-39-26-7-5-4-6-23(26)30(38)35-13-12-34(18-21-11-15-41-20-21)19-25(35)29(37)32-17-27(24)40-22/h4-7,11,15,20,22,24-25,27H,8-10,12-14,16-19H2,1-3H3,(H,32,37)(H,33,36)/t22-,24+,25-,27+/m0/s1. The molecule has 9 nitrogen and oxygen atoms in total. The average molecular weight is 583 g/mol. The molecule has 0 saturated carbocycles. The lowest BCUT2D eigenvalue weighted by atomic mass is 9.91. The van der Waals surface area contributed by atoms with Gasteiger partial charge in [0.15, 0.2) is 0 Å². The van der Waals surface area contributed by atoms with Gasteiger partial charge in [0.2, 0.25) is 11.8 Å². The molecule has 3 amide bonds. The molecule has 1 aromatic heterocycles. The molecule has 3 aliphatic heterocycles. The summed E-state index contributed by atoms with van der Waals surface area (Å²) in [6, 6.07) is 8.49. The number of benzene rings is 1. The normalized spacial score (nSPS) is 26.2. The van der Waals surface area contributed by atoms with Crippen molar-refractivity contribution in [2.24, 2.45) is 5.41 Å². The zero-order valence-corrected chi connectivity index (χ0v) is 25.1. The van der Waals surface area contributed by atoms with Crippen molar-refractivity contribution in [3.63, 3.8) is 0 Å². The molecule has 0 aliphatic carbocycles. The van der Waals surface area contributed by atoms with E-state index < -0.39 is 6.04 Å². The topological polar surface area (TPSA) is 100 Å². The van der Waals surface area contributed by atoms with Gasteiger partial charge < -0.3 is 25.0 Å². The minimum absolute atomic E-state index is 0.0108. The van der Waals surface area contributed by atoms with Crippen LogP contribution in [0.15, 0.2) is 41.1 Å². The van der Waals surface area contributed by atoms with Gasteiger partial charge in [0.1, 0.15) is 11.8 Å². The Morgan fingerprint density at radius 1 is 1.12 bits per heavy atom. The predicted molar refractivity (Wildman–Crippen MR) is 158 cm³/mol. The SMILES string of the molecule is CC(C)(C)CC(=O)N[C@@H]1CC[C@H]2CCOc3ccccc3C(=O)N3CCN(Cc4ccsc4)C[C@H]3C(=O)NC[C@H]1O2. The summed E-state index contributed by atoms with van der Waals surface area (Å²) in [6.45, 7) is 9.05. The van der Waals surface area contributed by atoms with Crippen molar-refractivity contribution in [2.45, 2.75) is 77.3 Å². The molecule has 2 aromatic rings. The van der Waals surface area contributed by atoms with Crippen molar-refractivity contribution in [1.29, 1.82) is 0 Å². The van der Waals surface area contributed by atoms with Gasteiger partial charge in [-0.15, -0.1) is 0 Å². The number of nitrogens with one attached hydrogen (secondary N) is 2. The monoisotopic (exact) mass is 582 g/mol. The fraction of sp³-hybridized carbons (Fsp3) is 0.581. The molecule has 4 atom stereocenters. The Hall–Kier alpha value is -2.95. The molecule has 0 radical (unpaired) electrons. The van der Waals surface area contributed by atoms with Crippen LogP contribution in [0.3, 0.4) is 0 Å². The molecule has 0 unspecified atom stereocenters. The first-order valence-electron chi connectivity index (χ1n) is 14.6. The lowest BCUT2D eigenvalue weighted by Gasteiger charge is -2.42. The summed E-state index contributed by atoms with van der Waals surface area (Å²) in [4.78, 5) is 44.4. The molecule has 2 N–H and O–H groups in total. The highest BCUT2D eigenvalue weighted by molar-refractivity contribution is 7.07. The van der Waals surface area contributed by atoms with Gasteiger partial charge in [-0.05, 0) is 52.8 Å². The maximum absolute atomic E-state index is 13.9. The molecular weight excluding hydrogens is 540 g/mol. The van der Waals surface area contributed by atoms with Gasteiger partial charge in [-0.1, -0.05) is 32.9 Å². The van der Waals surface area contributed by atoms with E-state index in [0.717, 1.165) is 19.4 Å². The van der Waals surface area contributed by atoms with Crippen LogP contribution in [-0.4, -0.2) is 84.6 Å². The minimum Gasteiger partial charge on any atom is -0.493 e. The summed E-state index contributed by atoms with van der Waals surface area (Å²) in [5.74, 6) is 0.100. The maximum atomic E-state index is 13.9. The van der Waals surface area contributed by atoms with E-state index in [2.05, 4.69) is 27.0 Å². The van der Waals surface area contributed by atoms with Gasteiger partial charge in [-0.2, -0.15) is 11.3 Å². The summed E-state index contributed by atoms with van der Waals surface area (Å²) < 4.78 is 12.6. The molecule has 1 aromatic carbocycles. The molecule has 0 spiro atoms. The van der Waals surface area contributed by atoms with Crippen molar-refractivity contribution >= 4 is 29.1 Å². The Morgan fingerprint density at radius 3 is 2.73 bits per heavy atom. The third-order valence-electron chi connectivity index (χ3n) is 7.96. The molecule has 2 saturated heterocycles. The number of amides is 3. The number of hydrogen-bond acceptors (Lipinski definition) is 7. The quantitative estimate of drug-likeness (QED) is 0.573. The van der Waals surface area contributed by atoms with E-state index in [9.17, 15) is 14.4 Å². The van der Waals surface area contributed by atoms with Crippen molar-refractivity contribution in [2.75, 3.05) is 32.8 Å². The molecule has 5 rings (SSSR count). The highest BCUT2D eigenvalue weighted by atomic mass is 32.1. The number of hydrogen-bond donors (Lipinski definition) is 2. The molecule has 4 heterocycles. The molecule has 2 fully saturated rings. The first-order chi connectivity index (χ1) is 19.7. The Morgan fingerprint density at radius 2 is 1.95 bits per heavy atom. The lowest BCUT2D eigenvalue weighted by molar-refractivity contribution is -0.131. The van der Waals surface area contributed by atoms with Gasteiger partial charge in [0.05, 0.1) is 30.4 Å². The molecule has 2 bridgehead atoms. The lowest BCUT2D eigenvalue weighted by Crippen LogP contribution is -2.62. The van der Waals surface area contributed by atoms with Gasteiger partial charge >= 0.3 is 0 Å².